The number of rotatable bonds is 9. The SMILES string of the molecule is CN(CCNC(=O)CN(c1ccccc1)S(=O)(=O)c1ccc(Cl)cc1)c1ccccc1. The van der Waals surface area contributed by atoms with Gasteiger partial charge < -0.3 is 10.2 Å². The number of halogens is 1. The number of sulfonamides is 1. The van der Waals surface area contributed by atoms with E-state index in [2.05, 4.69) is 5.32 Å². The van der Waals surface area contributed by atoms with E-state index in [1.807, 2.05) is 42.3 Å². The first-order chi connectivity index (χ1) is 14.9. The number of amides is 1. The lowest BCUT2D eigenvalue weighted by atomic mass is 10.3. The van der Waals surface area contributed by atoms with E-state index in [0.717, 1.165) is 9.99 Å². The Morgan fingerprint density at radius 1 is 0.871 bits per heavy atom. The molecular formula is C23H24ClN3O3S. The average molecular weight is 458 g/mol. The summed E-state index contributed by atoms with van der Waals surface area (Å²) in [6, 6.07) is 24.2. The Bertz CT molecular complexity index is 1090. The van der Waals surface area contributed by atoms with E-state index < -0.39 is 10.0 Å². The maximum atomic E-state index is 13.2. The summed E-state index contributed by atoms with van der Waals surface area (Å²) >= 11 is 5.89. The first kappa shape index (κ1) is 22.7. The van der Waals surface area contributed by atoms with Crippen molar-refractivity contribution in [3.8, 4) is 0 Å². The van der Waals surface area contributed by atoms with Gasteiger partial charge in [0.05, 0.1) is 10.6 Å². The van der Waals surface area contributed by atoms with Crippen LogP contribution in [0.2, 0.25) is 5.02 Å². The molecule has 3 aromatic rings. The predicted molar refractivity (Wildman–Crippen MR) is 125 cm³/mol. The van der Waals surface area contributed by atoms with Crippen molar-refractivity contribution in [3.05, 3.63) is 90.0 Å². The van der Waals surface area contributed by atoms with Crippen LogP contribution in [0.3, 0.4) is 0 Å². The van der Waals surface area contributed by atoms with Crippen molar-refractivity contribution in [1.29, 1.82) is 0 Å². The first-order valence-electron chi connectivity index (χ1n) is 9.74. The van der Waals surface area contributed by atoms with Crippen LogP contribution in [0, 0.1) is 0 Å². The second kappa shape index (κ2) is 10.3. The lowest BCUT2D eigenvalue weighted by molar-refractivity contribution is -0.119. The molecule has 6 nitrogen and oxygen atoms in total. The molecular weight excluding hydrogens is 434 g/mol. The fraction of sp³-hybridized carbons (Fsp3) is 0.174. The molecule has 0 heterocycles. The molecule has 0 unspecified atom stereocenters. The summed E-state index contributed by atoms with van der Waals surface area (Å²) in [5.74, 6) is -0.386. The number of para-hydroxylation sites is 2. The zero-order valence-electron chi connectivity index (χ0n) is 17.1. The third-order valence-electron chi connectivity index (χ3n) is 4.70. The number of hydrogen-bond donors (Lipinski definition) is 1. The molecule has 1 N–H and O–H groups in total. The molecule has 0 radical (unpaired) electrons. The number of nitrogens with one attached hydrogen (secondary N) is 1. The Balaban J connectivity index is 1.70. The summed E-state index contributed by atoms with van der Waals surface area (Å²) in [5, 5.41) is 3.24. The van der Waals surface area contributed by atoms with Gasteiger partial charge in [-0.2, -0.15) is 0 Å². The lowest BCUT2D eigenvalue weighted by Crippen LogP contribution is -2.42. The van der Waals surface area contributed by atoms with Gasteiger partial charge in [0.1, 0.15) is 6.54 Å². The topological polar surface area (TPSA) is 69.7 Å². The molecule has 0 fully saturated rings. The van der Waals surface area contributed by atoms with Crippen LogP contribution in [0.4, 0.5) is 11.4 Å². The van der Waals surface area contributed by atoms with Gasteiger partial charge in [0.15, 0.2) is 0 Å². The van der Waals surface area contributed by atoms with Crippen LogP contribution in [0.15, 0.2) is 89.8 Å². The van der Waals surface area contributed by atoms with E-state index >= 15 is 0 Å². The molecule has 0 atom stereocenters. The fourth-order valence-corrected chi connectivity index (χ4v) is 4.55. The summed E-state index contributed by atoms with van der Waals surface area (Å²) in [5.41, 5.74) is 1.45. The van der Waals surface area contributed by atoms with Gasteiger partial charge in [-0.3, -0.25) is 9.10 Å². The van der Waals surface area contributed by atoms with Gasteiger partial charge in [-0.15, -0.1) is 0 Å². The van der Waals surface area contributed by atoms with Gasteiger partial charge in [0, 0.05) is 30.8 Å². The molecule has 0 aliphatic rings. The van der Waals surface area contributed by atoms with E-state index in [0.29, 0.717) is 23.8 Å². The Labute approximate surface area is 188 Å². The minimum absolute atomic E-state index is 0.0670. The standard InChI is InChI=1S/C23H24ClN3O3S/c1-26(20-8-4-2-5-9-20)17-16-25-23(28)18-27(21-10-6-3-7-11-21)31(29,30)22-14-12-19(24)13-15-22/h2-15H,16-18H2,1H3,(H,25,28). The highest BCUT2D eigenvalue weighted by Crippen LogP contribution is 2.24. The third-order valence-corrected chi connectivity index (χ3v) is 6.74. The van der Waals surface area contributed by atoms with Gasteiger partial charge in [-0.05, 0) is 48.5 Å². The van der Waals surface area contributed by atoms with Gasteiger partial charge in [0.25, 0.3) is 10.0 Å². The quantitative estimate of drug-likeness (QED) is 0.530. The number of benzene rings is 3. The van der Waals surface area contributed by atoms with E-state index in [1.54, 1.807) is 30.3 Å². The molecule has 0 spiro atoms. The average Bonchev–Trinajstić information content (AvgIpc) is 2.78. The van der Waals surface area contributed by atoms with Crippen LogP contribution in [0.5, 0.6) is 0 Å². The molecule has 0 aromatic heterocycles. The maximum Gasteiger partial charge on any atom is 0.264 e. The highest BCUT2D eigenvalue weighted by molar-refractivity contribution is 7.92. The minimum atomic E-state index is -3.95. The number of carbonyl (C=O) groups excluding carboxylic acids is 1. The van der Waals surface area contributed by atoms with Gasteiger partial charge >= 0.3 is 0 Å². The van der Waals surface area contributed by atoms with Gasteiger partial charge in [-0.1, -0.05) is 48.0 Å². The second-order valence-corrected chi connectivity index (χ2v) is 9.21. The highest BCUT2D eigenvalue weighted by Gasteiger charge is 2.27. The molecule has 162 valence electrons. The second-order valence-electron chi connectivity index (χ2n) is 6.91. The van der Waals surface area contributed by atoms with Gasteiger partial charge in [-0.25, -0.2) is 8.42 Å². The Morgan fingerprint density at radius 2 is 1.42 bits per heavy atom. The van der Waals surface area contributed by atoms with Crippen molar-refractivity contribution >= 4 is 38.9 Å². The van der Waals surface area contributed by atoms with E-state index in [4.69, 9.17) is 11.6 Å². The molecule has 0 aliphatic heterocycles. The number of nitrogens with zero attached hydrogens (tertiary/aromatic N) is 2. The fourth-order valence-electron chi connectivity index (χ4n) is 3.00. The van der Waals surface area contributed by atoms with Crippen molar-refractivity contribution < 1.29 is 13.2 Å². The van der Waals surface area contributed by atoms with Crippen LogP contribution in [-0.2, 0) is 14.8 Å². The zero-order valence-corrected chi connectivity index (χ0v) is 18.7. The van der Waals surface area contributed by atoms with Crippen LogP contribution in [0.25, 0.3) is 0 Å². The molecule has 3 rings (SSSR count). The Hall–Kier alpha value is -3.03. The molecule has 0 saturated heterocycles. The molecule has 31 heavy (non-hydrogen) atoms. The number of anilines is 2. The van der Waals surface area contributed by atoms with Crippen LogP contribution < -0.4 is 14.5 Å². The number of carbonyl (C=O) groups is 1. The van der Waals surface area contributed by atoms with Crippen molar-refractivity contribution in [3.63, 3.8) is 0 Å². The first-order valence-corrected chi connectivity index (χ1v) is 11.6. The van der Waals surface area contributed by atoms with Gasteiger partial charge in [0.2, 0.25) is 5.91 Å². The molecule has 0 saturated carbocycles. The molecule has 1 amide bonds. The summed E-state index contributed by atoms with van der Waals surface area (Å²) < 4.78 is 27.6. The molecule has 3 aromatic carbocycles. The summed E-state index contributed by atoms with van der Waals surface area (Å²) in [6.45, 7) is 0.642. The Kier molecular flexibility index (Phi) is 7.55. The largest absolute Gasteiger partial charge is 0.373 e. The summed E-state index contributed by atoms with van der Waals surface area (Å²) in [7, 11) is -2.01. The summed E-state index contributed by atoms with van der Waals surface area (Å²) in [6.07, 6.45) is 0. The smallest absolute Gasteiger partial charge is 0.264 e. The van der Waals surface area contributed by atoms with E-state index in [-0.39, 0.29) is 17.3 Å². The zero-order chi connectivity index (χ0) is 22.3. The molecule has 0 bridgehead atoms. The maximum absolute atomic E-state index is 13.2. The molecule has 0 aliphatic carbocycles. The van der Waals surface area contributed by atoms with Crippen molar-refractivity contribution in [2.75, 3.05) is 35.9 Å². The number of hydrogen-bond acceptors (Lipinski definition) is 4. The van der Waals surface area contributed by atoms with Crippen LogP contribution in [0.1, 0.15) is 0 Å². The third kappa shape index (κ3) is 5.99. The van der Waals surface area contributed by atoms with E-state index in [9.17, 15) is 13.2 Å². The highest BCUT2D eigenvalue weighted by atomic mass is 35.5. The molecule has 8 heteroatoms. The lowest BCUT2D eigenvalue weighted by Gasteiger charge is -2.24. The summed E-state index contributed by atoms with van der Waals surface area (Å²) in [4.78, 5) is 14.7. The minimum Gasteiger partial charge on any atom is -0.373 e. The van der Waals surface area contributed by atoms with Crippen molar-refractivity contribution in [1.82, 2.24) is 5.32 Å². The van der Waals surface area contributed by atoms with Crippen molar-refractivity contribution in [2.45, 2.75) is 4.90 Å². The normalized spacial score (nSPS) is 11.0. The van der Waals surface area contributed by atoms with Crippen LogP contribution >= 0.6 is 11.6 Å². The predicted octanol–water partition coefficient (Wildman–Crippen LogP) is 3.79. The van der Waals surface area contributed by atoms with E-state index in [1.165, 1.54) is 24.3 Å². The van der Waals surface area contributed by atoms with Crippen LogP contribution in [-0.4, -0.2) is 41.0 Å². The Morgan fingerprint density at radius 3 is 2.00 bits per heavy atom. The van der Waals surface area contributed by atoms with Crippen molar-refractivity contribution in [2.24, 2.45) is 0 Å². The monoisotopic (exact) mass is 457 g/mol. The number of likely N-dealkylation sites (N-methyl/N-ethyl adjacent to an activating group) is 1.